The molecule has 29 heavy (non-hydrogen) atoms. The van der Waals surface area contributed by atoms with Crippen LogP contribution < -0.4 is 15.4 Å². The zero-order chi connectivity index (χ0) is 20.8. The molecule has 1 heterocycles. The van der Waals surface area contributed by atoms with Gasteiger partial charge in [0.1, 0.15) is 11.8 Å². The quantitative estimate of drug-likeness (QED) is 0.785. The SMILES string of the molecule is CCc1ccc(NC(=O)C[C@@H]2C(=O)NCCN2C(=O)c2ccc(OC)cc2)cc1. The molecular weight excluding hydrogens is 370 g/mol. The fourth-order valence-electron chi connectivity index (χ4n) is 3.27. The Balaban J connectivity index is 1.70. The molecule has 2 N–H and O–H groups in total. The first-order valence-electron chi connectivity index (χ1n) is 9.63. The number of carbonyl (C=O) groups excluding carboxylic acids is 3. The van der Waals surface area contributed by atoms with E-state index in [2.05, 4.69) is 17.6 Å². The van der Waals surface area contributed by atoms with Gasteiger partial charge in [0.05, 0.1) is 13.5 Å². The number of hydrogen-bond donors (Lipinski definition) is 2. The monoisotopic (exact) mass is 395 g/mol. The highest BCUT2D eigenvalue weighted by molar-refractivity contribution is 6.01. The van der Waals surface area contributed by atoms with Gasteiger partial charge in [-0.3, -0.25) is 14.4 Å². The molecule has 3 amide bonds. The van der Waals surface area contributed by atoms with E-state index in [0.717, 1.165) is 6.42 Å². The van der Waals surface area contributed by atoms with Crippen LogP contribution in [-0.2, 0) is 16.0 Å². The largest absolute Gasteiger partial charge is 0.497 e. The molecule has 7 nitrogen and oxygen atoms in total. The molecule has 0 aromatic heterocycles. The van der Waals surface area contributed by atoms with Crippen LogP contribution in [0.1, 0.15) is 29.3 Å². The smallest absolute Gasteiger partial charge is 0.254 e. The highest BCUT2D eigenvalue weighted by Gasteiger charge is 2.35. The minimum atomic E-state index is -0.853. The van der Waals surface area contributed by atoms with Crippen molar-refractivity contribution in [2.24, 2.45) is 0 Å². The third kappa shape index (κ3) is 4.93. The molecule has 7 heteroatoms. The third-order valence-corrected chi connectivity index (χ3v) is 4.95. The second-order valence-corrected chi connectivity index (χ2v) is 6.84. The van der Waals surface area contributed by atoms with Gasteiger partial charge in [-0.25, -0.2) is 0 Å². The molecule has 0 bridgehead atoms. The molecular formula is C22H25N3O4. The molecule has 152 valence electrons. The number of benzene rings is 2. The predicted octanol–water partition coefficient (Wildman–Crippen LogP) is 2.23. The van der Waals surface area contributed by atoms with Gasteiger partial charge in [0.2, 0.25) is 11.8 Å². The summed E-state index contributed by atoms with van der Waals surface area (Å²) in [7, 11) is 1.55. The van der Waals surface area contributed by atoms with Crippen LogP contribution in [-0.4, -0.2) is 48.9 Å². The van der Waals surface area contributed by atoms with E-state index < -0.39 is 6.04 Å². The highest BCUT2D eigenvalue weighted by Crippen LogP contribution is 2.18. The number of aryl methyl sites for hydroxylation is 1. The van der Waals surface area contributed by atoms with E-state index in [1.807, 2.05) is 24.3 Å². The average molecular weight is 395 g/mol. The van der Waals surface area contributed by atoms with Crippen LogP contribution in [0.2, 0.25) is 0 Å². The van der Waals surface area contributed by atoms with Crippen molar-refractivity contribution in [1.29, 1.82) is 0 Å². The molecule has 0 saturated carbocycles. The van der Waals surface area contributed by atoms with Gasteiger partial charge in [-0.05, 0) is 48.4 Å². The topological polar surface area (TPSA) is 87.7 Å². The number of piperazine rings is 1. The highest BCUT2D eigenvalue weighted by atomic mass is 16.5. The van der Waals surface area contributed by atoms with E-state index in [9.17, 15) is 14.4 Å². The number of nitrogens with zero attached hydrogens (tertiary/aromatic N) is 1. The molecule has 1 saturated heterocycles. The number of hydrogen-bond acceptors (Lipinski definition) is 4. The Kier molecular flexibility index (Phi) is 6.49. The van der Waals surface area contributed by atoms with Crippen molar-refractivity contribution in [1.82, 2.24) is 10.2 Å². The first-order chi connectivity index (χ1) is 14.0. The molecule has 2 aromatic rings. The molecule has 1 fully saturated rings. The van der Waals surface area contributed by atoms with Crippen LogP contribution in [0, 0.1) is 0 Å². The number of rotatable bonds is 6. The molecule has 2 aromatic carbocycles. The number of amides is 3. The van der Waals surface area contributed by atoms with Gasteiger partial charge >= 0.3 is 0 Å². The molecule has 1 aliphatic heterocycles. The number of carbonyl (C=O) groups is 3. The van der Waals surface area contributed by atoms with Crippen LogP contribution in [0.3, 0.4) is 0 Å². The standard InChI is InChI=1S/C22H25N3O4/c1-3-15-4-8-17(9-5-15)24-20(26)14-19-21(27)23-12-13-25(19)22(28)16-6-10-18(29-2)11-7-16/h4-11,19H,3,12-14H2,1-2H3,(H,23,27)(H,24,26)/t19-/m1/s1. The van der Waals surface area contributed by atoms with Crippen LogP contribution in [0.4, 0.5) is 5.69 Å². The van der Waals surface area contributed by atoms with Gasteiger partial charge in [-0.1, -0.05) is 19.1 Å². The molecule has 3 rings (SSSR count). The van der Waals surface area contributed by atoms with E-state index in [1.54, 1.807) is 31.4 Å². The maximum Gasteiger partial charge on any atom is 0.254 e. The van der Waals surface area contributed by atoms with Crippen molar-refractivity contribution in [2.45, 2.75) is 25.8 Å². The maximum atomic E-state index is 12.9. The van der Waals surface area contributed by atoms with Crippen LogP contribution in [0.5, 0.6) is 5.75 Å². The molecule has 0 spiro atoms. The van der Waals surface area contributed by atoms with Gasteiger partial charge in [0.25, 0.3) is 5.91 Å². The Hall–Kier alpha value is -3.35. The van der Waals surface area contributed by atoms with Crippen molar-refractivity contribution in [2.75, 3.05) is 25.5 Å². The molecule has 1 aliphatic rings. The van der Waals surface area contributed by atoms with Gasteiger partial charge in [0, 0.05) is 24.3 Å². The lowest BCUT2D eigenvalue weighted by molar-refractivity contribution is -0.131. The summed E-state index contributed by atoms with van der Waals surface area (Å²) in [5.74, 6) is -0.283. The Morgan fingerprint density at radius 1 is 1.14 bits per heavy atom. The molecule has 0 aliphatic carbocycles. The van der Waals surface area contributed by atoms with Gasteiger partial charge in [0.15, 0.2) is 0 Å². The van der Waals surface area contributed by atoms with Crippen molar-refractivity contribution >= 4 is 23.4 Å². The summed E-state index contributed by atoms with van der Waals surface area (Å²) >= 11 is 0. The summed E-state index contributed by atoms with van der Waals surface area (Å²) in [5, 5.41) is 5.54. The van der Waals surface area contributed by atoms with Crippen molar-refractivity contribution < 1.29 is 19.1 Å². The zero-order valence-corrected chi connectivity index (χ0v) is 16.6. The van der Waals surface area contributed by atoms with E-state index >= 15 is 0 Å². The first-order valence-corrected chi connectivity index (χ1v) is 9.63. The van der Waals surface area contributed by atoms with E-state index in [-0.39, 0.29) is 24.1 Å². The fraction of sp³-hybridized carbons (Fsp3) is 0.318. The fourth-order valence-corrected chi connectivity index (χ4v) is 3.27. The van der Waals surface area contributed by atoms with Crippen LogP contribution in [0.15, 0.2) is 48.5 Å². The lowest BCUT2D eigenvalue weighted by Gasteiger charge is -2.34. The van der Waals surface area contributed by atoms with Gasteiger partial charge in [-0.15, -0.1) is 0 Å². The Labute approximate surface area is 170 Å². The lowest BCUT2D eigenvalue weighted by Crippen LogP contribution is -2.58. The van der Waals surface area contributed by atoms with E-state index in [0.29, 0.717) is 30.1 Å². The van der Waals surface area contributed by atoms with E-state index in [1.165, 1.54) is 10.5 Å². The molecule has 0 unspecified atom stereocenters. The average Bonchev–Trinajstić information content (AvgIpc) is 2.75. The van der Waals surface area contributed by atoms with E-state index in [4.69, 9.17) is 4.74 Å². The Morgan fingerprint density at radius 3 is 2.45 bits per heavy atom. The number of methoxy groups -OCH3 is 1. The van der Waals surface area contributed by atoms with Crippen LogP contribution >= 0.6 is 0 Å². The maximum absolute atomic E-state index is 12.9. The summed E-state index contributed by atoms with van der Waals surface area (Å²) in [5.41, 5.74) is 2.28. The summed E-state index contributed by atoms with van der Waals surface area (Å²) < 4.78 is 5.11. The number of ether oxygens (including phenoxy) is 1. The second-order valence-electron chi connectivity index (χ2n) is 6.84. The second kappa shape index (κ2) is 9.23. The first kappa shape index (κ1) is 20.4. The van der Waals surface area contributed by atoms with Gasteiger partial charge < -0.3 is 20.3 Å². The summed E-state index contributed by atoms with van der Waals surface area (Å²) in [4.78, 5) is 39.3. The summed E-state index contributed by atoms with van der Waals surface area (Å²) in [6.07, 6.45) is 0.808. The lowest BCUT2D eigenvalue weighted by atomic mass is 10.1. The zero-order valence-electron chi connectivity index (χ0n) is 16.6. The third-order valence-electron chi connectivity index (χ3n) is 4.95. The molecule has 0 radical (unpaired) electrons. The Morgan fingerprint density at radius 2 is 1.83 bits per heavy atom. The summed E-state index contributed by atoms with van der Waals surface area (Å²) in [6.45, 7) is 2.76. The van der Waals surface area contributed by atoms with Crippen molar-refractivity contribution in [3.63, 3.8) is 0 Å². The molecule has 1 atom stereocenters. The van der Waals surface area contributed by atoms with Crippen LogP contribution in [0.25, 0.3) is 0 Å². The number of nitrogens with one attached hydrogen (secondary N) is 2. The minimum absolute atomic E-state index is 0.108. The number of anilines is 1. The normalized spacial score (nSPS) is 16.1. The summed E-state index contributed by atoms with van der Waals surface area (Å²) in [6, 6.07) is 13.4. The van der Waals surface area contributed by atoms with Gasteiger partial charge in [-0.2, -0.15) is 0 Å². The van der Waals surface area contributed by atoms with Crippen molar-refractivity contribution in [3.05, 3.63) is 59.7 Å². The minimum Gasteiger partial charge on any atom is -0.497 e. The van der Waals surface area contributed by atoms with Crippen molar-refractivity contribution in [3.8, 4) is 5.75 Å². The predicted molar refractivity (Wildman–Crippen MR) is 110 cm³/mol. The Bertz CT molecular complexity index is 878.